The highest BCUT2D eigenvalue weighted by atomic mass is 15.1. The van der Waals surface area contributed by atoms with Gasteiger partial charge in [0.2, 0.25) is 0 Å². The first-order chi connectivity index (χ1) is 3.72. The predicted molar refractivity (Wildman–Crippen MR) is 37.3 cm³/mol. The minimum atomic E-state index is 1.02. The average molecular weight is 114 g/mol. The van der Waals surface area contributed by atoms with Gasteiger partial charge in [0, 0.05) is 27.6 Å². The van der Waals surface area contributed by atoms with E-state index in [0.29, 0.717) is 0 Å². The van der Waals surface area contributed by atoms with E-state index < -0.39 is 0 Å². The summed E-state index contributed by atoms with van der Waals surface area (Å²) in [5, 5.41) is 0. The topological polar surface area (TPSA) is 15.6 Å². The fraction of sp³-hybridized carbons (Fsp3) is 0.833. The third kappa shape index (κ3) is 1.96. The Morgan fingerprint density at radius 2 is 2.00 bits per heavy atom. The van der Waals surface area contributed by atoms with Crippen molar-refractivity contribution in [3.8, 4) is 0 Å². The second-order valence-corrected chi connectivity index (χ2v) is 1.89. The van der Waals surface area contributed by atoms with Crippen LogP contribution in [-0.2, 0) is 0 Å². The Morgan fingerprint density at radius 3 is 2.00 bits per heavy atom. The lowest BCUT2D eigenvalue weighted by Gasteiger charge is -2.12. The zero-order valence-corrected chi connectivity index (χ0v) is 6.10. The Morgan fingerprint density at radius 1 is 1.50 bits per heavy atom. The summed E-state index contributed by atoms with van der Waals surface area (Å²) in [5.41, 5.74) is 0. The van der Waals surface area contributed by atoms with E-state index in [0.717, 1.165) is 12.3 Å². The molecule has 0 N–H and O–H groups in total. The molecule has 0 aromatic rings. The normalized spacial score (nSPS) is 11.8. The van der Waals surface area contributed by atoms with E-state index in [-0.39, 0.29) is 0 Å². The molecule has 0 aromatic carbocycles. The summed E-state index contributed by atoms with van der Waals surface area (Å²) in [6.07, 6.45) is 1.02. The van der Waals surface area contributed by atoms with Gasteiger partial charge in [-0.2, -0.15) is 0 Å². The molecule has 8 heavy (non-hydrogen) atoms. The number of hydrogen-bond donors (Lipinski definition) is 0. The summed E-state index contributed by atoms with van der Waals surface area (Å²) < 4.78 is 0. The highest BCUT2D eigenvalue weighted by molar-refractivity contribution is 5.81. The van der Waals surface area contributed by atoms with Crippen LogP contribution in [0.1, 0.15) is 13.3 Å². The molecule has 0 saturated carbocycles. The number of amidine groups is 1. The molecule has 0 heterocycles. The van der Waals surface area contributed by atoms with Crippen molar-refractivity contribution in [2.45, 2.75) is 13.3 Å². The van der Waals surface area contributed by atoms with Gasteiger partial charge < -0.3 is 4.90 Å². The molecular weight excluding hydrogens is 100 g/mol. The van der Waals surface area contributed by atoms with Crippen molar-refractivity contribution >= 4 is 5.84 Å². The third-order valence-electron chi connectivity index (χ3n) is 1.09. The fourth-order valence-corrected chi connectivity index (χ4v) is 0.674. The molecule has 2 heteroatoms. The van der Waals surface area contributed by atoms with E-state index in [2.05, 4.69) is 11.9 Å². The maximum absolute atomic E-state index is 4.05. The van der Waals surface area contributed by atoms with Crippen LogP contribution in [-0.4, -0.2) is 31.9 Å². The molecule has 0 bridgehead atoms. The summed E-state index contributed by atoms with van der Waals surface area (Å²) in [7, 11) is 5.83. The van der Waals surface area contributed by atoms with Crippen LogP contribution in [0.5, 0.6) is 0 Å². The number of aliphatic imine (C=N–C) groups is 1. The van der Waals surface area contributed by atoms with Crippen molar-refractivity contribution in [3.05, 3.63) is 0 Å². The van der Waals surface area contributed by atoms with Crippen LogP contribution in [0.2, 0.25) is 0 Å². The predicted octanol–water partition coefficient (Wildman–Crippen LogP) is 0.986. The van der Waals surface area contributed by atoms with Crippen molar-refractivity contribution in [3.63, 3.8) is 0 Å². The van der Waals surface area contributed by atoms with Gasteiger partial charge in [-0.15, -0.1) is 0 Å². The van der Waals surface area contributed by atoms with Gasteiger partial charge in [-0.1, -0.05) is 6.92 Å². The first kappa shape index (κ1) is 7.47. The van der Waals surface area contributed by atoms with E-state index in [1.165, 1.54) is 0 Å². The van der Waals surface area contributed by atoms with Crippen molar-refractivity contribution in [1.29, 1.82) is 0 Å². The van der Waals surface area contributed by atoms with E-state index in [1.54, 1.807) is 0 Å². The summed E-state index contributed by atoms with van der Waals surface area (Å²) in [5.74, 6) is 1.14. The van der Waals surface area contributed by atoms with E-state index in [4.69, 9.17) is 0 Å². The third-order valence-corrected chi connectivity index (χ3v) is 1.09. The number of rotatable bonds is 1. The zero-order chi connectivity index (χ0) is 6.57. The van der Waals surface area contributed by atoms with Crippen LogP contribution < -0.4 is 0 Å². The molecule has 0 aliphatic rings. The highest BCUT2D eigenvalue weighted by Gasteiger charge is 1.92. The lowest BCUT2D eigenvalue weighted by atomic mass is 10.4. The van der Waals surface area contributed by atoms with Crippen molar-refractivity contribution < 1.29 is 0 Å². The smallest absolute Gasteiger partial charge is 0.0977 e. The molecule has 0 fully saturated rings. The van der Waals surface area contributed by atoms with E-state index in [1.807, 2.05) is 26.0 Å². The van der Waals surface area contributed by atoms with Crippen molar-refractivity contribution in [2.75, 3.05) is 21.1 Å². The molecule has 0 spiro atoms. The summed E-state index contributed by atoms with van der Waals surface area (Å²) in [4.78, 5) is 6.08. The lowest BCUT2D eigenvalue weighted by molar-refractivity contribution is 0.606. The highest BCUT2D eigenvalue weighted by Crippen LogP contribution is 1.86. The van der Waals surface area contributed by atoms with Crippen molar-refractivity contribution in [1.82, 2.24) is 4.90 Å². The van der Waals surface area contributed by atoms with Crippen LogP contribution in [0.25, 0.3) is 0 Å². The van der Waals surface area contributed by atoms with Gasteiger partial charge in [0.05, 0.1) is 5.84 Å². The molecule has 2 nitrogen and oxygen atoms in total. The Kier molecular flexibility index (Phi) is 3.24. The van der Waals surface area contributed by atoms with E-state index in [9.17, 15) is 0 Å². The Bertz CT molecular complexity index is 84.5. The maximum Gasteiger partial charge on any atom is 0.0977 e. The number of nitrogens with zero attached hydrogens (tertiary/aromatic N) is 2. The summed E-state index contributed by atoms with van der Waals surface area (Å²) >= 11 is 0. The lowest BCUT2D eigenvalue weighted by Crippen LogP contribution is -2.20. The molecule has 0 aromatic heterocycles. The van der Waals surface area contributed by atoms with Crippen molar-refractivity contribution in [2.24, 2.45) is 4.99 Å². The van der Waals surface area contributed by atoms with Crippen LogP contribution in [0.3, 0.4) is 0 Å². The maximum atomic E-state index is 4.05. The molecule has 0 atom stereocenters. The second-order valence-electron chi connectivity index (χ2n) is 1.89. The molecule has 0 unspecified atom stereocenters. The van der Waals surface area contributed by atoms with Crippen LogP contribution in [0, 0.1) is 0 Å². The SMILES string of the molecule is CC/C(=N\C)N(C)C. The fourth-order valence-electron chi connectivity index (χ4n) is 0.674. The van der Waals surface area contributed by atoms with Gasteiger partial charge in [-0.05, 0) is 0 Å². The van der Waals surface area contributed by atoms with Crippen LogP contribution in [0.15, 0.2) is 4.99 Å². The summed E-state index contributed by atoms with van der Waals surface area (Å²) in [6.45, 7) is 2.10. The molecular formula is C6H14N2. The first-order valence-electron chi connectivity index (χ1n) is 2.85. The minimum Gasteiger partial charge on any atom is -0.367 e. The molecule has 48 valence electrons. The standard InChI is InChI=1S/C6H14N2/c1-5-6(7-2)8(3)4/h5H2,1-4H3/b7-6+. The molecule has 0 radical (unpaired) electrons. The molecule has 0 rings (SSSR count). The number of hydrogen-bond acceptors (Lipinski definition) is 1. The minimum absolute atomic E-state index is 1.02. The Balaban J connectivity index is 3.72. The summed E-state index contributed by atoms with van der Waals surface area (Å²) in [6, 6.07) is 0. The van der Waals surface area contributed by atoms with Gasteiger partial charge in [0.15, 0.2) is 0 Å². The first-order valence-corrected chi connectivity index (χ1v) is 2.85. The van der Waals surface area contributed by atoms with E-state index >= 15 is 0 Å². The van der Waals surface area contributed by atoms with Crippen LogP contribution in [0.4, 0.5) is 0 Å². The average Bonchev–Trinajstić information content (AvgIpc) is 1.69. The van der Waals surface area contributed by atoms with Gasteiger partial charge in [0.1, 0.15) is 0 Å². The van der Waals surface area contributed by atoms with Gasteiger partial charge in [-0.25, -0.2) is 0 Å². The molecule has 0 aliphatic heterocycles. The monoisotopic (exact) mass is 114 g/mol. The van der Waals surface area contributed by atoms with Gasteiger partial charge >= 0.3 is 0 Å². The zero-order valence-electron chi connectivity index (χ0n) is 6.10. The second kappa shape index (κ2) is 3.47. The van der Waals surface area contributed by atoms with Gasteiger partial charge in [0.25, 0.3) is 0 Å². The largest absolute Gasteiger partial charge is 0.367 e. The quantitative estimate of drug-likeness (QED) is 0.366. The van der Waals surface area contributed by atoms with Crippen LogP contribution >= 0.6 is 0 Å². The molecule has 0 aliphatic carbocycles. The molecule has 0 saturated heterocycles. The molecule has 0 amide bonds. The van der Waals surface area contributed by atoms with Gasteiger partial charge in [-0.3, -0.25) is 4.99 Å². The Hall–Kier alpha value is -0.530. The Labute approximate surface area is 51.2 Å².